The Morgan fingerprint density at radius 2 is 1.21 bits per heavy atom. The van der Waals surface area contributed by atoms with Crippen LogP contribution in [0, 0.1) is 5.92 Å². The molecular weight excluding hydrogens is 366 g/mol. The maximum atomic E-state index is 12.1. The summed E-state index contributed by atoms with van der Waals surface area (Å²) in [6.45, 7) is 11.7. The topological polar surface area (TPSA) is 121 Å². The Hall–Kier alpha value is -1.26. The predicted octanol–water partition coefficient (Wildman–Crippen LogP) is 0.0670. The molecule has 0 aliphatic heterocycles. The third-order valence-electron chi connectivity index (χ3n) is 3.55. The molecule has 2 amide bonds. The zero-order valence-electron chi connectivity index (χ0n) is 17.8. The van der Waals surface area contributed by atoms with Crippen LogP contribution in [0.25, 0.3) is 0 Å². The van der Waals surface area contributed by atoms with Crippen molar-refractivity contribution < 1.29 is 28.5 Å². The second kappa shape index (κ2) is 17.8. The molecule has 1 atom stereocenters. The molecule has 0 bridgehead atoms. The Morgan fingerprint density at radius 3 is 1.64 bits per heavy atom. The van der Waals surface area contributed by atoms with Crippen LogP contribution in [0.3, 0.4) is 0 Å². The molecule has 4 N–H and O–H groups in total. The molecule has 0 fully saturated rings. The molecule has 0 rings (SSSR count). The third kappa shape index (κ3) is 15.8. The highest BCUT2D eigenvalue weighted by molar-refractivity contribution is 5.87. The Bertz CT molecular complexity index is 407. The van der Waals surface area contributed by atoms with E-state index in [9.17, 15) is 9.59 Å². The number of nitrogens with one attached hydrogen (secondary N) is 2. The lowest BCUT2D eigenvalue weighted by molar-refractivity contribution is -0.131. The van der Waals surface area contributed by atoms with Crippen molar-refractivity contribution in [1.82, 2.24) is 10.6 Å². The number of carbonyl (C=O) groups excluding carboxylic acids is 2. The van der Waals surface area contributed by atoms with E-state index in [1.165, 1.54) is 0 Å². The monoisotopic (exact) mass is 405 g/mol. The fraction of sp³-hybridized carbons (Fsp3) is 0.895. The van der Waals surface area contributed by atoms with Gasteiger partial charge in [0.15, 0.2) is 0 Å². The molecule has 0 aromatic rings. The summed E-state index contributed by atoms with van der Waals surface area (Å²) in [5.74, 6) is -0.365. The average Bonchev–Trinajstić information content (AvgIpc) is 2.62. The maximum absolute atomic E-state index is 12.1. The van der Waals surface area contributed by atoms with Gasteiger partial charge in [-0.3, -0.25) is 9.59 Å². The molecule has 0 spiro atoms. The number of carbonyl (C=O) groups is 2. The lowest BCUT2D eigenvalue weighted by Crippen LogP contribution is -2.51. The normalized spacial score (nSPS) is 12.4. The standard InChI is InChI=1S/C19H39N3O6/c1-15(2)18(19(24)21-16(3)4)22-17(23)5-7-25-9-11-27-13-14-28-12-10-26-8-6-20/h15-16,18H,5-14,20H2,1-4H3,(H,21,24)(H,22,23)/t18-/m0/s1. The van der Waals surface area contributed by atoms with Gasteiger partial charge >= 0.3 is 0 Å². The molecule has 28 heavy (non-hydrogen) atoms. The fourth-order valence-corrected chi connectivity index (χ4v) is 2.16. The molecule has 9 heteroatoms. The van der Waals surface area contributed by atoms with Gasteiger partial charge in [0.05, 0.1) is 52.9 Å². The van der Waals surface area contributed by atoms with Gasteiger partial charge in [-0.15, -0.1) is 0 Å². The van der Waals surface area contributed by atoms with Crippen LogP contribution in [-0.2, 0) is 28.5 Å². The highest BCUT2D eigenvalue weighted by Gasteiger charge is 2.24. The van der Waals surface area contributed by atoms with Crippen LogP contribution in [0.15, 0.2) is 0 Å². The van der Waals surface area contributed by atoms with E-state index in [2.05, 4.69) is 10.6 Å². The molecule has 9 nitrogen and oxygen atoms in total. The lowest BCUT2D eigenvalue weighted by Gasteiger charge is -2.23. The van der Waals surface area contributed by atoms with Crippen LogP contribution in [0.4, 0.5) is 0 Å². The first-order chi connectivity index (χ1) is 13.4. The predicted molar refractivity (Wildman–Crippen MR) is 107 cm³/mol. The van der Waals surface area contributed by atoms with Crippen LogP contribution in [-0.4, -0.2) is 83.3 Å². The van der Waals surface area contributed by atoms with E-state index in [0.717, 1.165) is 0 Å². The molecule has 0 radical (unpaired) electrons. The first kappa shape index (κ1) is 26.7. The molecule has 166 valence electrons. The summed E-state index contributed by atoms with van der Waals surface area (Å²) in [4.78, 5) is 24.1. The number of hydrogen-bond donors (Lipinski definition) is 3. The number of ether oxygens (including phenoxy) is 4. The first-order valence-electron chi connectivity index (χ1n) is 9.99. The molecule has 0 unspecified atom stereocenters. The van der Waals surface area contributed by atoms with Gasteiger partial charge in [-0.1, -0.05) is 13.8 Å². The Balaban J connectivity index is 3.64. The van der Waals surface area contributed by atoms with Crippen molar-refractivity contribution in [3.8, 4) is 0 Å². The highest BCUT2D eigenvalue weighted by atomic mass is 16.6. The van der Waals surface area contributed by atoms with Gasteiger partial charge in [0, 0.05) is 19.0 Å². The number of nitrogens with two attached hydrogens (primary N) is 1. The summed E-state index contributed by atoms with van der Waals surface area (Å²) < 4.78 is 21.2. The molecule has 0 aromatic heterocycles. The van der Waals surface area contributed by atoms with Crippen LogP contribution >= 0.6 is 0 Å². The smallest absolute Gasteiger partial charge is 0.243 e. The Labute approximate surface area is 169 Å². The van der Waals surface area contributed by atoms with E-state index in [0.29, 0.717) is 52.8 Å². The lowest BCUT2D eigenvalue weighted by atomic mass is 10.0. The van der Waals surface area contributed by atoms with Crippen molar-refractivity contribution in [2.75, 3.05) is 59.4 Å². The Morgan fingerprint density at radius 1 is 0.750 bits per heavy atom. The SMILES string of the molecule is CC(C)NC(=O)[C@@H](NC(=O)CCOCCOCCOCCOCCN)C(C)C. The summed E-state index contributed by atoms with van der Waals surface area (Å²) >= 11 is 0. The van der Waals surface area contributed by atoms with Crippen molar-refractivity contribution in [2.45, 2.75) is 46.2 Å². The van der Waals surface area contributed by atoms with E-state index in [4.69, 9.17) is 24.7 Å². The molecule has 0 heterocycles. The number of hydrogen-bond acceptors (Lipinski definition) is 7. The van der Waals surface area contributed by atoms with Crippen molar-refractivity contribution in [2.24, 2.45) is 11.7 Å². The van der Waals surface area contributed by atoms with Crippen LogP contribution in [0.1, 0.15) is 34.1 Å². The minimum absolute atomic E-state index is 0.00598. The Kier molecular flexibility index (Phi) is 17.0. The van der Waals surface area contributed by atoms with Gasteiger partial charge in [-0.25, -0.2) is 0 Å². The summed E-state index contributed by atoms with van der Waals surface area (Å²) in [5.41, 5.74) is 5.30. The van der Waals surface area contributed by atoms with Gasteiger partial charge < -0.3 is 35.3 Å². The molecule has 0 aromatic carbocycles. The summed E-state index contributed by atoms with van der Waals surface area (Å²) in [5, 5.41) is 5.59. The quantitative estimate of drug-likeness (QED) is 0.276. The van der Waals surface area contributed by atoms with Crippen LogP contribution in [0.5, 0.6) is 0 Å². The van der Waals surface area contributed by atoms with Gasteiger partial charge in [0.1, 0.15) is 6.04 Å². The van der Waals surface area contributed by atoms with Crippen molar-refractivity contribution in [1.29, 1.82) is 0 Å². The fourth-order valence-electron chi connectivity index (χ4n) is 2.16. The number of amides is 2. The van der Waals surface area contributed by atoms with E-state index in [1.807, 2.05) is 27.7 Å². The van der Waals surface area contributed by atoms with Gasteiger partial charge in [0.25, 0.3) is 0 Å². The summed E-state index contributed by atoms with van der Waals surface area (Å²) in [6, 6.07) is -0.511. The van der Waals surface area contributed by atoms with Crippen LogP contribution in [0.2, 0.25) is 0 Å². The second-order valence-electron chi connectivity index (χ2n) is 6.94. The average molecular weight is 406 g/mol. The van der Waals surface area contributed by atoms with E-state index in [-0.39, 0.29) is 36.8 Å². The molecule has 0 saturated carbocycles. The largest absolute Gasteiger partial charge is 0.379 e. The minimum atomic E-state index is -0.543. The highest BCUT2D eigenvalue weighted by Crippen LogP contribution is 2.03. The first-order valence-corrected chi connectivity index (χ1v) is 9.99. The minimum Gasteiger partial charge on any atom is -0.379 e. The summed E-state index contributed by atoms with van der Waals surface area (Å²) in [6.07, 6.45) is 0.199. The molecule has 0 aliphatic rings. The zero-order chi connectivity index (χ0) is 21.2. The molecule has 0 aliphatic carbocycles. The van der Waals surface area contributed by atoms with Crippen molar-refractivity contribution in [3.05, 3.63) is 0 Å². The number of rotatable bonds is 18. The van der Waals surface area contributed by atoms with Crippen molar-refractivity contribution >= 4 is 11.8 Å². The van der Waals surface area contributed by atoms with E-state index >= 15 is 0 Å². The van der Waals surface area contributed by atoms with E-state index < -0.39 is 6.04 Å². The van der Waals surface area contributed by atoms with Gasteiger partial charge in [-0.05, 0) is 19.8 Å². The second-order valence-corrected chi connectivity index (χ2v) is 6.94. The zero-order valence-corrected chi connectivity index (χ0v) is 17.8. The van der Waals surface area contributed by atoms with Crippen molar-refractivity contribution in [3.63, 3.8) is 0 Å². The summed E-state index contributed by atoms with van der Waals surface area (Å²) in [7, 11) is 0. The van der Waals surface area contributed by atoms with Crippen LogP contribution < -0.4 is 16.4 Å². The maximum Gasteiger partial charge on any atom is 0.243 e. The molecular formula is C19H39N3O6. The van der Waals surface area contributed by atoms with Gasteiger partial charge in [0.2, 0.25) is 11.8 Å². The van der Waals surface area contributed by atoms with E-state index in [1.54, 1.807) is 0 Å². The van der Waals surface area contributed by atoms with Gasteiger partial charge in [-0.2, -0.15) is 0 Å². The molecule has 0 saturated heterocycles. The third-order valence-corrected chi connectivity index (χ3v) is 3.55.